The predicted molar refractivity (Wildman–Crippen MR) is 91.6 cm³/mol. The van der Waals surface area contributed by atoms with Crippen LogP contribution >= 0.6 is 23.2 Å². The van der Waals surface area contributed by atoms with Gasteiger partial charge in [-0.2, -0.15) is 0 Å². The Kier molecular flexibility index (Phi) is 5.27. The van der Waals surface area contributed by atoms with E-state index >= 15 is 0 Å². The summed E-state index contributed by atoms with van der Waals surface area (Å²) in [4.78, 5) is 14.5. The van der Waals surface area contributed by atoms with Gasteiger partial charge in [0.1, 0.15) is 0 Å². The third kappa shape index (κ3) is 3.95. The zero-order chi connectivity index (χ0) is 15.5. The number of anilines is 1. The fourth-order valence-electron chi connectivity index (χ4n) is 3.81. The number of likely N-dealkylation sites (tertiary alicyclic amines) is 1. The first-order valence-electron chi connectivity index (χ1n) is 8.09. The summed E-state index contributed by atoms with van der Waals surface area (Å²) >= 11 is 12.0. The Morgan fingerprint density at radius 2 is 1.95 bits per heavy atom. The van der Waals surface area contributed by atoms with E-state index in [4.69, 9.17) is 23.2 Å². The van der Waals surface area contributed by atoms with Crippen molar-refractivity contribution in [3.8, 4) is 0 Å². The number of piperidine rings is 1. The fourth-order valence-corrected chi connectivity index (χ4v) is 4.14. The Labute approximate surface area is 142 Å². The molecule has 1 heterocycles. The second-order valence-corrected chi connectivity index (χ2v) is 7.34. The van der Waals surface area contributed by atoms with Gasteiger partial charge in [0.05, 0.1) is 17.3 Å². The van der Waals surface area contributed by atoms with Crippen molar-refractivity contribution in [3.05, 3.63) is 28.2 Å². The topological polar surface area (TPSA) is 32.3 Å². The van der Waals surface area contributed by atoms with Crippen LogP contribution in [-0.4, -0.2) is 30.4 Å². The standard InChI is InChI=1S/C17H22Cl2N2O/c18-14-5-6-15(19)16(9-14)20-17(22)11-21-8-7-12-3-1-2-4-13(12)10-21/h5-6,9,12-13H,1-4,7-8,10-11H2,(H,20,22)/t12-,13-/m1/s1. The summed E-state index contributed by atoms with van der Waals surface area (Å²) in [5, 5.41) is 3.96. The van der Waals surface area contributed by atoms with Crippen molar-refractivity contribution < 1.29 is 4.79 Å². The van der Waals surface area contributed by atoms with Crippen LogP contribution in [0.2, 0.25) is 10.0 Å². The highest BCUT2D eigenvalue weighted by Gasteiger charge is 2.31. The average Bonchev–Trinajstić information content (AvgIpc) is 2.51. The molecule has 1 aromatic rings. The summed E-state index contributed by atoms with van der Waals surface area (Å²) in [6.45, 7) is 2.52. The minimum Gasteiger partial charge on any atom is -0.324 e. The zero-order valence-electron chi connectivity index (χ0n) is 12.7. The van der Waals surface area contributed by atoms with Crippen molar-refractivity contribution in [1.29, 1.82) is 0 Å². The van der Waals surface area contributed by atoms with Gasteiger partial charge in [0.25, 0.3) is 0 Å². The third-order valence-electron chi connectivity index (χ3n) is 4.95. The normalized spacial score (nSPS) is 25.5. The number of amides is 1. The van der Waals surface area contributed by atoms with Gasteiger partial charge in [-0.05, 0) is 49.4 Å². The van der Waals surface area contributed by atoms with E-state index in [-0.39, 0.29) is 5.91 Å². The van der Waals surface area contributed by atoms with E-state index in [0.29, 0.717) is 22.3 Å². The number of halogens is 2. The van der Waals surface area contributed by atoms with Crippen LogP contribution in [0.3, 0.4) is 0 Å². The average molecular weight is 341 g/mol. The molecule has 5 heteroatoms. The Bertz CT molecular complexity index is 549. The van der Waals surface area contributed by atoms with Crippen molar-refractivity contribution in [2.45, 2.75) is 32.1 Å². The van der Waals surface area contributed by atoms with Gasteiger partial charge in [-0.3, -0.25) is 9.69 Å². The van der Waals surface area contributed by atoms with Gasteiger partial charge in [0.2, 0.25) is 5.91 Å². The largest absolute Gasteiger partial charge is 0.324 e. The maximum Gasteiger partial charge on any atom is 0.238 e. The molecule has 1 saturated carbocycles. The van der Waals surface area contributed by atoms with Crippen molar-refractivity contribution in [3.63, 3.8) is 0 Å². The van der Waals surface area contributed by atoms with Crippen molar-refractivity contribution in [1.82, 2.24) is 4.90 Å². The molecule has 3 nitrogen and oxygen atoms in total. The van der Waals surface area contributed by atoms with Gasteiger partial charge in [-0.15, -0.1) is 0 Å². The van der Waals surface area contributed by atoms with Crippen LogP contribution < -0.4 is 5.32 Å². The molecule has 0 aromatic heterocycles. The summed E-state index contributed by atoms with van der Waals surface area (Å²) in [6.07, 6.45) is 6.66. The highest BCUT2D eigenvalue weighted by molar-refractivity contribution is 6.35. The molecule has 1 saturated heterocycles. The van der Waals surface area contributed by atoms with Gasteiger partial charge in [0, 0.05) is 11.6 Å². The molecule has 1 amide bonds. The molecule has 1 aliphatic heterocycles. The second kappa shape index (κ2) is 7.20. The molecule has 120 valence electrons. The van der Waals surface area contributed by atoms with Crippen molar-refractivity contribution >= 4 is 34.8 Å². The molecule has 1 N–H and O–H groups in total. The third-order valence-corrected chi connectivity index (χ3v) is 5.51. The van der Waals surface area contributed by atoms with Crippen LogP contribution in [0, 0.1) is 11.8 Å². The maximum atomic E-state index is 12.2. The number of hydrogen-bond donors (Lipinski definition) is 1. The van der Waals surface area contributed by atoms with Crippen LogP contribution in [0.5, 0.6) is 0 Å². The van der Waals surface area contributed by atoms with E-state index in [1.807, 2.05) is 0 Å². The maximum absolute atomic E-state index is 12.2. The minimum absolute atomic E-state index is 0.0153. The molecule has 22 heavy (non-hydrogen) atoms. The Hall–Kier alpha value is -0.770. The molecule has 0 bridgehead atoms. The lowest BCUT2D eigenvalue weighted by Gasteiger charge is -2.41. The SMILES string of the molecule is O=C(CN1CC[C@H]2CCCC[C@@H]2C1)Nc1cc(Cl)ccc1Cl. The highest BCUT2D eigenvalue weighted by Crippen LogP contribution is 2.36. The molecule has 0 radical (unpaired) electrons. The first-order valence-corrected chi connectivity index (χ1v) is 8.84. The van der Waals surface area contributed by atoms with Gasteiger partial charge < -0.3 is 5.32 Å². The van der Waals surface area contributed by atoms with Gasteiger partial charge in [0.15, 0.2) is 0 Å². The molecule has 1 aromatic carbocycles. The molecule has 2 atom stereocenters. The second-order valence-electron chi connectivity index (χ2n) is 6.50. The highest BCUT2D eigenvalue weighted by atomic mass is 35.5. The summed E-state index contributed by atoms with van der Waals surface area (Å²) in [6, 6.07) is 5.11. The van der Waals surface area contributed by atoms with Crippen molar-refractivity contribution in [2.24, 2.45) is 11.8 Å². The Balaban J connectivity index is 1.54. The first kappa shape index (κ1) is 16.1. The van der Waals surface area contributed by atoms with Gasteiger partial charge >= 0.3 is 0 Å². The number of fused-ring (bicyclic) bond motifs is 1. The molecule has 2 fully saturated rings. The summed E-state index contributed by atoms with van der Waals surface area (Å²) in [5.41, 5.74) is 0.590. The van der Waals surface area contributed by atoms with Crippen LogP contribution in [0.25, 0.3) is 0 Å². The lowest BCUT2D eigenvalue weighted by molar-refractivity contribution is -0.118. The fraction of sp³-hybridized carbons (Fsp3) is 0.588. The van der Waals surface area contributed by atoms with Crippen LogP contribution in [0.4, 0.5) is 5.69 Å². The van der Waals surface area contributed by atoms with Crippen LogP contribution in [-0.2, 0) is 4.79 Å². The van der Waals surface area contributed by atoms with E-state index in [1.165, 1.54) is 32.1 Å². The quantitative estimate of drug-likeness (QED) is 0.881. The predicted octanol–water partition coefficient (Wildman–Crippen LogP) is 4.44. The summed E-state index contributed by atoms with van der Waals surface area (Å²) in [5.74, 6) is 1.65. The van der Waals surface area contributed by atoms with E-state index in [2.05, 4.69) is 10.2 Å². The molecule has 2 aliphatic rings. The summed E-state index contributed by atoms with van der Waals surface area (Å²) in [7, 11) is 0. The lowest BCUT2D eigenvalue weighted by Crippen LogP contribution is -2.44. The molecular weight excluding hydrogens is 319 g/mol. The molecule has 3 rings (SSSR count). The van der Waals surface area contributed by atoms with E-state index < -0.39 is 0 Å². The number of carbonyl (C=O) groups excluding carboxylic acids is 1. The first-order chi connectivity index (χ1) is 10.6. The Morgan fingerprint density at radius 1 is 1.18 bits per heavy atom. The zero-order valence-corrected chi connectivity index (χ0v) is 14.2. The number of carbonyl (C=O) groups is 1. The van der Waals surface area contributed by atoms with Crippen LogP contribution in [0.15, 0.2) is 18.2 Å². The monoisotopic (exact) mass is 340 g/mol. The number of hydrogen-bond acceptors (Lipinski definition) is 2. The van der Waals surface area contributed by atoms with E-state index in [9.17, 15) is 4.79 Å². The van der Waals surface area contributed by atoms with E-state index in [0.717, 1.165) is 24.9 Å². The van der Waals surface area contributed by atoms with Gasteiger partial charge in [-0.25, -0.2) is 0 Å². The minimum atomic E-state index is -0.0153. The smallest absolute Gasteiger partial charge is 0.238 e. The lowest BCUT2D eigenvalue weighted by atomic mass is 9.75. The van der Waals surface area contributed by atoms with Crippen LogP contribution in [0.1, 0.15) is 32.1 Å². The van der Waals surface area contributed by atoms with E-state index in [1.54, 1.807) is 18.2 Å². The number of benzene rings is 1. The molecule has 0 unspecified atom stereocenters. The number of rotatable bonds is 3. The molecule has 0 spiro atoms. The number of nitrogens with zero attached hydrogens (tertiary/aromatic N) is 1. The molecule has 1 aliphatic carbocycles. The van der Waals surface area contributed by atoms with Crippen molar-refractivity contribution in [2.75, 3.05) is 25.0 Å². The van der Waals surface area contributed by atoms with Gasteiger partial charge in [-0.1, -0.05) is 42.5 Å². The molecular formula is C17H22Cl2N2O. The Morgan fingerprint density at radius 3 is 2.77 bits per heavy atom. The summed E-state index contributed by atoms with van der Waals surface area (Å²) < 4.78 is 0. The number of nitrogens with one attached hydrogen (secondary N) is 1.